The van der Waals surface area contributed by atoms with E-state index in [0.29, 0.717) is 49.7 Å². The molecular weight excluding hydrogens is 337 g/mol. The number of hydrogen-bond donors (Lipinski definition) is 1. The number of rotatable bonds is 10. The lowest BCUT2D eigenvalue weighted by atomic mass is 10.1. The average Bonchev–Trinajstić information content (AvgIpc) is 2.66. The Morgan fingerprint density at radius 1 is 1.04 bits per heavy atom. The smallest absolute Gasteiger partial charge is 0.220 e. The molecule has 5 nitrogen and oxygen atoms in total. The number of ether oxygens (including phenoxy) is 3. The van der Waals surface area contributed by atoms with Crippen LogP contribution in [0.3, 0.4) is 0 Å². The van der Waals surface area contributed by atoms with Gasteiger partial charge < -0.3 is 19.5 Å². The first-order chi connectivity index (χ1) is 12.6. The number of benzene rings is 2. The maximum Gasteiger partial charge on any atom is 0.220 e. The monoisotopic (exact) mass is 361 g/mol. The van der Waals surface area contributed by atoms with E-state index < -0.39 is 0 Å². The van der Waals surface area contributed by atoms with Crippen LogP contribution in [0, 0.1) is 5.82 Å². The minimum absolute atomic E-state index is 0.0202. The van der Waals surface area contributed by atoms with E-state index in [0.717, 1.165) is 5.56 Å². The fourth-order valence-corrected chi connectivity index (χ4v) is 2.42. The zero-order chi connectivity index (χ0) is 18.8. The minimum atomic E-state index is -0.300. The van der Waals surface area contributed by atoms with E-state index >= 15 is 0 Å². The standard InChI is InChI=1S/C20H24FNO4/c1-24-18-10-5-15(14-19(18)25-2)11-12-22-20(23)4-3-13-26-17-8-6-16(21)7-9-17/h5-10,14H,3-4,11-13H2,1-2H3,(H,22,23). The molecule has 0 saturated carbocycles. The second-order valence-corrected chi connectivity index (χ2v) is 5.70. The minimum Gasteiger partial charge on any atom is -0.494 e. The summed E-state index contributed by atoms with van der Waals surface area (Å²) in [6, 6.07) is 11.5. The molecule has 0 atom stereocenters. The van der Waals surface area contributed by atoms with Crippen LogP contribution < -0.4 is 19.5 Å². The van der Waals surface area contributed by atoms with Gasteiger partial charge in [-0.3, -0.25) is 4.79 Å². The second kappa shape index (κ2) is 10.3. The Morgan fingerprint density at radius 3 is 2.46 bits per heavy atom. The third kappa shape index (κ3) is 6.27. The quantitative estimate of drug-likeness (QED) is 0.660. The topological polar surface area (TPSA) is 56.8 Å². The van der Waals surface area contributed by atoms with Crippen LogP contribution in [0.4, 0.5) is 4.39 Å². The van der Waals surface area contributed by atoms with Crippen molar-refractivity contribution >= 4 is 5.91 Å². The van der Waals surface area contributed by atoms with E-state index in [4.69, 9.17) is 14.2 Å². The van der Waals surface area contributed by atoms with Gasteiger partial charge in [0.2, 0.25) is 5.91 Å². The number of carbonyl (C=O) groups excluding carboxylic acids is 1. The van der Waals surface area contributed by atoms with E-state index in [1.165, 1.54) is 12.1 Å². The van der Waals surface area contributed by atoms with E-state index in [9.17, 15) is 9.18 Å². The average molecular weight is 361 g/mol. The van der Waals surface area contributed by atoms with E-state index in [1.54, 1.807) is 26.4 Å². The van der Waals surface area contributed by atoms with Crippen molar-refractivity contribution in [3.63, 3.8) is 0 Å². The molecule has 1 N–H and O–H groups in total. The summed E-state index contributed by atoms with van der Waals surface area (Å²) in [5.41, 5.74) is 1.06. The highest BCUT2D eigenvalue weighted by Gasteiger charge is 2.06. The normalized spacial score (nSPS) is 10.3. The Kier molecular flexibility index (Phi) is 7.74. The first-order valence-electron chi connectivity index (χ1n) is 8.48. The molecule has 0 aliphatic rings. The summed E-state index contributed by atoms with van der Waals surface area (Å²) >= 11 is 0. The van der Waals surface area contributed by atoms with Gasteiger partial charge in [-0.2, -0.15) is 0 Å². The van der Waals surface area contributed by atoms with Gasteiger partial charge in [-0.15, -0.1) is 0 Å². The highest BCUT2D eigenvalue weighted by atomic mass is 19.1. The summed E-state index contributed by atoms with van der Waals surface area (Å²) < 4.78 is 28.7. The highest BCUT2D eigenvalue weighted by Crippen LogP contribution is 2.27. The largest absolute Gasteiger partial charge is 0.494 e. The number of nitrogens with one attached hydrogen (secondary N) is 1. The molecule has 0 spiro atoms. The Labute approximate surface area is 153 Å². The van der Waals surface area contributed by atoms with Crippen molar-refractivity contribution in [2.24, 2.45) is 0 Å². The zero-order valence-electron chi connectivity index (χ0n) is 15.1. The fourth-order valence-electron chi connectivity index (χ4n) is 2.42. The molecule has 2 aromatic carbocycles. The predicted molar refractivity (Wildman–Crippen MR) is 97.4 cm³/mol. The Bertz CT molecular complexity index is 703. The van der Waals surface area contributed by atoms with Crippen LogP contribution in [0.2, 0.25) is 0 Å². The van der Waals surface area contributed by atoms with Gasteiger partial charge in [0, 0.05) is 13.0 Å². The van der Waals surface area contributed by atoms with Gasteiger partial charge in [-0.1, -0.05) is 6.07 Å². The van der Waals surface area contributed by atoms with Crippen molar-refractivity contribution < 1.29 is 23.4 Å². The van der Waals surface area contributed by atoms with Gasteiger partial charge in [-0.05, 0) is 54.8 Å². The van der Waals surface area contributed by atoms with Crippen molar-refractivity contribution in [3.05, 3.63) is 53.8 Å². The molecule has 140 valence electrons. The van der Waals surface area contributed by atoms with Crippen LogP contribution in [-0.4, -0.2) is 33.3 Å². The Hall–Kier alpha value is -2.76. The highest BCUT2D eigenvalue weighted by molar-refractivity contribution is 5.75. The van der Waals surface area contributed by atoms with Crippen LogP contribution in [0.25, 0.3) is 0 Å². The zero-order valence-corrected chi connectivity index (χ0v) is 15.1. The predicted octanol–water partition coefficient (Wildman–Crippen LogP) is 3.36. The molecular formula is C20H24FNO4. The molecule has 26 heavy (non-hydrogen) atoms. The molecule has 0 aliphatic heterocycles. The summed E-state index contributed by atoms with van der Waals surface area (Å²) in [7, 11) is 3.19. The van der Waals surface area contributed by atoms with Crippen LogP contribution in [-0.2, 0) is 11.2 Å². The number of carbonyl (C=O) groups is 1. The van der Waals surface area contributed by atoms with E-state index in [2.05, 4.69) is 5.32 Å². The maximum atomic E-state index is 12.8. The van der Waals surface area contributed by atoms with Crippen molar-refractivity contribution in [1.82, 2.24) is 5.32 Å². The third-order valence-corrected chi connectivity index (χ3v) is 3.81. The number of hydrogen-bond acceptors (Lipinski definition) is 4. The summed E-state index contributed by atoms with van der Waals surface area (Å²) in [5.74, 6) is 1.63. The van der Waals surface area contributed by atoms with Gasteiger partial charge in [-0.25, -0.2) is 4.39 Å². The second-order valence-electron chi connectivity index (χ2n) is 5.70. The molecule has 0 aromatic heterocycles. The Morgan fingerprint density at radius 2 is 1.77 bits per heavy atom. The lowest BCUT2D eigenvalue weighted by molar-refractivity contribution is -0.121. The van der Waals surface area contributed by atoms with Gasteiger partial charge in [0.25, 0.3) is 0 Å². The number of amides is 1. The molecule has 2 aromatic rings. The molecule has 0 saturated heterocycles. The first kappa shape index (κ1) is 19.6. The van der Waals surface area contributed by atoms with Gasteiger partial charge in [0.05, 0.1) is 20.8 Å². The van der Waals surface area contributed by atoms with Crippen molar-refractivity contribution in [3.8, 4) is 17.2 Å². The third-order valence-electron chi connectivity index (χ3n) is 3.81. The summed E-state index contributed by atoms with van der Waals surface area (Å²) in [5, 5.41) is 2.89. The Balaban J connectivity index is 1.63. The molecule has 0 heterocycles. The molecule has 0 aliphatic carbocycles. The van der Waals surface area contributed by atoms with Crippen molar-refractivity contribution in [1.29, 1.82) is 0 Å². The first-order valence-corrected chi connectivity index (χ1v) is 8.48. The molecule has 2 rings (SSSR count). The van der Waals surface area contributed by atoms with Crippen molar-refractivity contribution in [2.75, 3.05) is 27.4 Å². The number of methoxy groups -OCH3 is 2. The SMILES string of the molecule is COc1ccc(CCNC(=O)CCCOc2ccc(F)cc2)cc1OC. The lowest BCUT2D eigenvalue weighted by Crippen LogP contribution is -2.25. The van der Waals surface area contributed by atoms with Gasteiger partial charge in [0.15, 0.2) is 11.5 Å². The summed E-state index contributed by atoms with van der Waals surface area (Å²) in [4.78, 5) is 11.9. The molecule has 1 amide bonds. The summed E-state index contributed by atoms with van der Waals surface area (Å²) in [6.45, 7) is 0.960. The summed E-state index contributed by atoms with van der Waals surface area (Å²) in [6.07, 6.45) is 1.69. The van der Waals surface area contributed by atoms with Crippen LogP contribution >= 0.6 is 0 Å². The fraction of sp³-hybridized carbons (Fsp3) is 0.350. The molecule has 0 radical (unpaired) electrons. The molecule has 0 fully saturated rings. The van der Waals surface area contributed by atoms with Crippen LogP contribution in [0.15, 0.2) is 42.5 Å². The number of halogens is 1. The van der Waals surface area contributed by atoms with Crippen LogP contribution in [0.1, 0.15) is 18.4 Å². The maximum absolute atomic E-state index is 12.8. The van der Waals surface area contributed by atoms with Crippen LogP contribution in [0.5, 0.6) is 17.2 Å². The van der Waals surface area contributed by atoms with Gasteiger partial charge >= 0.3 is 0 Å². The molecule has 6 heteroatoms. The van der Waals surface area contributed by atoms with E-state index in [-0.39, 0.29) is 11.7 Å². The van der Waals surface area contributed by atoms with Crippen molar-refractivity contribution in [2.45, 2.75) is 19.3 Å². The lowest BCUT2D eigenvalue weighted by Gasteiger charge is -2.10. The van der Waals surface area contributed by atoms with Gasteiger partial charge in [0.1, 0.15) is 11.6 Å². The molecule has 0 bridgehead atoms. The molecule has 0 unspecified atom stereocenters. The van der Waals surface area contributed by atoms with E-state index in [1.807, 2.05) is 18.2 Å².